The maximum Gasteiger partial charge on any atom is 0.149 e. The molecule has 1 aromatic rings. The van der Waals surface area contributed by atoms with Crippen LogP contribution in [0.5, 0.6) is 0 Å². The van der Waals surface area contributed by atoms with Gasteiger partial charge in [0, 0.05) is 13.1 Å². The Morgan fingerprint density at radius 1 is 1.14 bits per heavy atom. The number of likely N-dealkylation sites (N-methyl/N-ethyl adjacent to an activating group) is 1. The first-order valence-electron chi connectivity index (χ1n) is 4.49. The van der Waals surface area contributed by atoms with E-state index in [4.69, 9.17) is 0 Å². The van der Waals surface area contributed by atoms with E-state index in [-0.39, 0.29) is 5.69 Å². The predicted octanol–water partition coefficient (Wildman–Crippen LogP) is 1.90. The Hall–Kier alpha value is -1.16. The lowest BCUT2D eigenvalue weighted by Crippen LogP contribution is -2.18. The smallest absolute Gasteiger partial charge is 0.149 e. The zero-order valence-corrected chi connectivity index (χ0v) is 8.32. The molecule has 14 heavy (non-hydrogen) atoms. The van der Waals surface area contributed by atoms with Gasteiger partial charge in [-0.1, -0.05) is 0 Å². The number of hydrogen-bond donors (Lipinski definition) is 2. The summed E-state index contributed by atoms with van der Waals surface area (Å²) in [6.07, 6.45) is 0. The van der Waals surface area contributed by atoms with Gasteiger partial charge in [0.1, 0.15) is 17.3 Å². The molecule has 0 amide bonds. The molecule has 0 bridgehead atoms. The molecule has 0 aliphatic carbocycles. The SMILES string of the molecule is CNCCNc1c(F)cc(C)cc1F. The fourth-order valence-electron chi connectivity index (χ4n) is 1.18. The Balaban J connectivity index is 2.75. The molecule has 78 valence electrons. The van der Waals surface area contributed by atoms with Gasteiger partial charge >= 0.3 is 0 Å². The lowest BCUT2D eigenvalue weighted by Gasteiger charge is -2.08. The maximum atomic E-state index is 13.2. The van der Waals surface area contributed by atoms with Crippen molar-refractivity contribution in [2.75, 3.05) is 25.5 Å². The van der Waals surface area contributed by atoms with Crippen molar-refractivity contribution in [3.8, 4) is 0 Å². The zero-order valence-electron chi connectivity index (χ0n) is 8.32. The van der Waals surface area contributed by atoms with Gasteiger partial charge in [-0.15, -0.1) is 0 Å². The Morgan fingerprint density at radius 2 is 1.71 bits per heavy atom. The van der Waals surface area contributed by atoms with Crippen molar-refractivity contribution in [1.82, 2.24) is 5.32 Å². The molecule has 1 aromatic carbocycles. The number of benzene rings is 1. The van der Waals surface area contributed by atoms with E-state index in [1.165, 1.54) is 12.1 Å². The molecular formula is C10H14F2N2. The highest BCUT2D eigenvalue weighted by molar-refractivity contribution is 5.47. The first-order valence-corrected chi connectivity index (χ1v) is 4.49. The van der Waals surface area contributed by atoms with Gasteiger partial charge in [0.05, 0.1) is 0 Å². The van der Waals surface area contributed by atoms with E-state index in [9.17, 15) is 8.78 Å². The van der Waals surface area contributed by atoms with Gasteiger partial charge in [-0.05, 0) is 31.7 Å². The second-order valence-corrected chi connectivity index (χ2v) is 3.13. The highest BCUT2D eigenvalue weighted by atomic mass is 19.1. The van der Waals surface area contributed by atoms with E-state index >= 15 is 0 Å². The third-order valence-corrected chi connectivity index (χ3v) is 1.86. The van der Waals surface area contributed by atoms with Crippen molar-refractivity contribution in [2.45, 2.75) is 6.92 Å². The molecule has 0 heterocycles. The Kier molecular flexibility index (Phi) is 3.83. The van der Waals surface area contributed by atoms with E-state index < -0.39 is 11.6 Å². The lowest BCUT2D eigenvalue weighted by molar-refractivity contribution is 0.585. The summed E-state index contributed by atoms with van der Waals surface area (Å²) in [5.41, 5.74) is 0.532. The second kappa shape index (κ2) is 4.91. The molecule has 0 saturated carbocycles. The molecule has 0 aliphatic rings. The molecule has 0 aliphatic heterocycles. The van der Waals surface area contributed by atoms with Crippen LogP contribution in [0.4, 0.5) is 14.5 Å². The van der Waals surface area contributed by atoms with Gasteiger partial charge in [-0.3, -0.25) is 0 Å². The van der Waals surface area contributed by atoms with Crippen LogP contribution in [0.1, 0.15) is 5.56 Å². The number of rotatable bonds is 4. The largest absolute Gasteiger partial charge is 0.379 e. The topological polar surface area (TPSA) is 24.1 Å². The number of anilines is 1. The van der Waals surface area contributed by atoms with Crippen LogP contribution in [0.15, 0.2) is 12.1 Å². The molecule has 0 saturated heterocycles. The monoisotopic (exact) mass is 200 g/mol. The number of hydrogen-bond acceptors (Lipinski definition) is 2. The van der Waals surface area contributed by atoms with Crippen LogP contribution in [-0.2, 0) is 0 Å². The van der Waals surface area contributed by atoms with E-state index in [1.54, 1.807) is 14.0 Å². The van der Waals surface area contributed by atoms with E-state index in [0.717, 1.165) is 0 Å². The summed E-state index contributed by atoms with van der Waals surface area (Å²) in [6, 6.07) is 2.62. The minimum Gasteiger partial charge on any atom is -0.379 e. The lowest BCUT2D eigenvalue weighted by atomic mass is 10.2. The van der Waals surface area contributed by atoms with Crippen molar-refractivity contribution in [2.24, 2.45) is 0 Å². The molecule has 4 heteroatoms. The average Bonchev–Trinajstić information content (AvgIpc) is 2.09. The van der Waals surface area contributed by atoms with Crippen molar-refractivity contribution in [3.05, 3.63) is 29.3 Å². The summed E-state index contributed by atoms with van der Waals surface area (Å²) in [4.78, 5) is 0. The highest BCUT2D eigenvalue weighted by Crippen LogP contribution is 2.19. The standard InChI is InChI=1S/C10H14F2N2/c1-7-5-8(11)10(9(12)6-7)14-4-3-13-2/h5-6,13-14H,3-4H2,1-2H3. The predicted molar refractivity (Wildman–Crippen MR) is 53.5 cm³/mol. The number of aryl methyl sites for hydroxylation is 1. The van der Waals surface area contributed by atoms with Gasteiger partial charge < -0.3 is 10.6 Å². The minimum atomic E-state index is -0.543. The fraction of sp³-hybridized carbons (Fsp3) is 0.400. The molecule has 1 rings (SSSR count). The van der Waals surface area contributed by atoms with Crippen molar-refractivity contribution in [3.63, 3.8) is 0 Å². The van der Waals surface area contributed by atoms with Crippen LogP contribution >= 0.6 is 0 Å². The molecule has 0 unspecified atom stereocenters. The van der Waals surface area contributed by atoms with Crippen molar-refractivity contribution >= 4 is 5.69 Å². The average molecular weight is 200 g/mol. The normalized spacial score (nSPS) is 10.3. The molecular weight excluding hydrogens is 186 g/mol. The summed E-state index contributed by atoms with van der Waals surface area (Å²) in [5.74, 6) is -1.09. The van der Waals surface area contributed by atoms with Crippen molar-refractivity contribution < 1.29 is 8.78 Å². The number of nitrogens with one attached hydrogen (secondary N) is 2. The van der Waals surface area contributed by atoms with Crippen LogP contribution in [0.25, 0.3) is 0 Å². The summed E-state index contributed by atoms with van der Waals surface area (Å²) in [5, 5.41) is 5.58. The molecule has 2 N–H and O–H groups in total. The van der Waals surface area contributed by atoms with E-state index in [1.807, 2.05) is 0 Å². The molecule has 0 radical (unpaired) electrons. The zero-order chi connectivity index (χ0) is 10.6. The van der Waals surface area contributed by atoms with Crippen LogP contribution < -0.4 is 10.6 Å². The first kappa shape index (κ1) is 10.9. The number of halogens is 2. The third kappa shape index (κ3) is 2.67. The second-order valence-electron chi connectivity index (χ2n) is 3.13. The van der Waals surface area contributed by atoms with Gasteiger partial charge in [-0.2, -0.15) is 0 Å². The summed E-state index contributed by atoms with van der Waals surface area (Å²) < 4.78 is 26.4. The summed E-state index contributed by atoms with van der Waals surface area (Å²) >= 11 is 0. The summed E-state index contributed by atoms with van der Waals surface area (Å²) in [6.45, 7) is 2.81. The Labute approximate surface area is 82.3 Å². The molecule has 0 fully saturated rings. The minimum absolute atomic E-state index is 0.0501. The molecule has 2 nitrogen and oxygen atoms in total. The summed E-state index contributed by atoms with van der Waals surface area (Å²) in [7, 11) is 1.78. The highest BCUT2D eigenvalue weighted by Gasteiger charge is 2.08. The third-order valence-electron chi connectivity index (χ3n) is 1.86. The molecule has 0 aromatic heterocycles. The molecule has 0 spiro atoms. The van der Waals surface area contributed by atoms with E-state index in [0.29, 0.717) is 18.7 Å². The fourth-order valence-corrected chi connectivity index (χ4v) is 1.18. The van der Waals surface area contributed by atoms with Crippen molar-refractivity contribution in [1.29, 1.82) is 0 Å². The quantitative estimate of drug-likeness (QED) is 0.725. The van der Waals surface area contributed by atoms with E-state index in [2.05, 4.69) is 10.6 Å². The Morgan fingerprint density at radius 3 is 2.21 bits per heavy atom. The van der Waals surface area contributed by atoms with Crippen LogP contribution in [0.2, 0.25) is 0 Å². The Bertz CT molecular complexity index is 290. The van der Waals surface area contributed by atoms with Gasteiger partial charge in [0.2, 0.25) is 0 Å². The van der Waals surface area contributed by atoms with Gasteiger partial charge in [0.15, 0.2) is 0 Å². The first-order chi connectivity index (χ1) is 6.65. The van der Waals surface area contributed by atoms with Crippen LogP contribution in [0, 0.1) is 18.6 Å². The van der Waals surface area contributed by atoms with Gasteiger partial charge in [0.25, 0.3) is 0 Å². The maximum absolute atomic E-state index is 13.2. The van der Waals surface area contributed by atoms with Crippen LogP contribution in [0.3, 0.4) is 0 Å². The van der Waals surface area contributed by atoms with Gasteiger partial charge in [-0.25, -0.2) is 8.78 Å². The molecule has 0 atom stereocenters. The van der Waals surface area contributed by atoms with Crippen LogP contribution in [-0.4, -0.2) is 20.1 Å².